The van der Waals surface area contributed by atoms with Gasteiger partial charge < -0.3 is 36.4 Å². The highest BCUT2D eigenvalue weighted by atomic mass is 16.4. The van der Waals surface area contributed by atoms with E-state index >= 15 is 0 Å². The molecule has 1 atom stereocenters. The van der Waals surface area contributed by atoms with Crippen molar-refractivity contribution in [3.8, 4) is 5.75 Å². The van der Waals surface area contributed by atoms with Gasteiger partial charge in [0.15, 0.2) is 0 Å². The van der Waals surface area contributed by atoms with E-state index in [0.29, 0.717) is 5.56 Å². The van der Waals surface area contributed by atoms with Gasteiger partial charge in [0.05, 0.1) is 12.4 Å². The van der Waals surface area contributed by atoms with Crippen LogP contribution in [0.25, 0.3) is 0 Å². The van der Waals surface area contributed by atoms with Gasteiger partial charge in [-0.25, -0.2) is 9.78 Å². The van der Waals surface area contributed by atoms with Gasteiger partial charge in [-0.1, -0.05) is 12.1 Å². The summed E-state index contributed by atoms with van der Waals surface area (Å²) in [7, 11) is -1.91. The van der Waals surface area contributed by atoms with Gasteiger partial charge in [0.2, 0.25) is 5.91 Å². The van der Waals surface area contributed by atoms with Crippen LogP contribution in [0.1, 0.15) is 21.5 Å². The fourth-order valence-electron chi connectivity index (χ4n) is 2.44. The monoisotopic (exact) mass is 405 g/mol. The molecule has 1 aromatic heterocycles. The van der Waals surface area contributed by atoms with Gasteiger partial charge in [-0.15, -0.1) is 0 Å². The Hall–Kier alpha value is -3.64. The van der Waals surface area contributed by atoms with Crippen LogP contribution in [-0.4, -0.2) is 61.8 Å². The average molecular weight is 405 g/mol. The molecule has 0 radical (unpaired) electrons. The molecule has 0 bridgehead atoms. The largest absolute Gasteiger partial charge is 0.507 e. The predicted molar refractivity (Wildman–Crippen MR) is 102 cm³/mol. The second kappa shape index (κ2) is 11.3. The molecule has 0 saturated heterocycles. The van der Waals surface area contributed by atoms with E-state index in [4.69, 9.17) is 20.7 Å². The molecule has 2 aromatic rings. The molecule has 0 spiro atoms. The highest BCUT2D eigenvalue weighted by Crippen LogP contribution is 2.24. The highest BCUT2D eigenvalue weighted by Gasteiger charge is 2.27. The zero-order chi connectivity index (χ0) is 22.0. The van der Waals surface area contributed by atoms with E-state index in [9.17, 15) is 24.7 Å². The summed E-state index contributed by atoms with van der Waals surface area (Å²) >= 11 is 0. The first kappa shape index (κ1) is 23.4. The molecule has 1 amide bonds. The summed E-state index contributed by atoms with van der Waals surface area (Å²) in [6.07, 6.45) is 1.22. The van der Waals surface area contributed by atoms with Crippen LogP contribution in [0.5, 0.6) is 5.75 Å². The lowest BCUT2D eigenvalue weighted by Crippen LogP contribution is -2.48. The summed E-state index contributed by atoms with van der Waals surface area (Å²) in [4.78, 5) is 35.4. The van der Waals surface area contributed by atoms with E-state index in [-0.39, 0.29) is 36.3 Å². The second-order valence-corrected chi connectivity index (χ2v) is 5.78. The van der Waals surface area contributed by atoms with Gasteiger partial charge in [-0.3, -0.25) is 9.59 Å². The number of rotatable bonds is 7. The normalized spacial score (nSPS) is 10.8. The lowest BCUT2D eigenvalue weighted by molar-refractivity contribution is -0.123. The number of phenols is 1. The average Bonchev–Trinajstić information content (AvgIpc) is 2.63. The summed E-state index contributed by atoms with van der Waals surface area (Å²) in [6.45, 7) is -0.250. The molecule has 0 aliphatic carbocycles. The Labute approximate surface area is 165 Å². The molecule has 0 aliphatic rings. The lowest BCUT2D eigenvalue weighted by Gasteiger charge is -2.19. The number of aromatic carboxylic acids is 1. The van der Waals surface area contributed by atoms with Crippen molar-refractivity contribution in [2.24, 2.45) is 0 Å². The smallest absolute Gasteiger partial charge is 0.475 e. The van der Waals surface area contributed by atoms with E-state index < -0.39 is 30.7 Å². The van der Waals surface area contributed by atoms with E-state index in [1.807, 2.05) is 0 Å². The fraction of sp³-hybridized carbons (Fsp3) is 0.176. The lowest BCUT2D eigenvalue weighted by atomic mass is 9.75. The predicted octanol–water partition coefficient (Wildman–Crippen LogP) is -0.950. The second-order valence-electron chi connectivity index (χ2n) is 5.78. The van der Waals surface area contributed by atoms with E-state index in [0.717, 1.165) is 0 Å². The maximum Gasteiger partial charge on any atom is 0.475 e. The zero-order valence-corrected chi connectivity index (χ0v) is 15.1. The van der Waals surface area contributed by atoms with E-state index in [2.05, 4.69) is 10.3 Å². The third-order valence-corrected chi connectivity index (χ3v) is 3.71. The van der Waals surface area contributed by atoms with E-state index in [1.54, 1.807) is 6.07 Å². The van der Waals surface area contributed by atoms with Crippen molar-refractivity contribution in [2.45, 2.75) is 18.8 Å². The van der Waals surface area contributed by atoms with Crippen molar-refractivity contribution in [1.82, 2.24) is 10.3 Å². The number of hydrogen-bond acceptors (Lipinski definition) is 8. The number of amides is 1. The first-order valence-corrected chi connectivity index (χ1v) is 8.17. The van der Waals surface area contributed by atoms with Crippen LogP contribution in [0.15, 0.2) is 36.5 Å². The number of carbonyl (C=O) groups is 3. The Morgan fingerprint density at radius 1 is 1.28 bits per heavy atom. The minimum atomic E-state index is -1.91. The summed E-state index contributed by atoms with van der Waals surface area (Å²) < 4.78 is 0. The Morgan fingerprint density at radius 3 is 2.48 bits per heavy atom. The Morgan fingerprint density at radius 2 is 1.93 bits per heavy atom. The molecule has 11 nitrogen and oxygen atoms in total. The van der Waals surface area contributed by atoms with Crippen molar-refractivity contribution in [1.29, 1.82) is 0 Å². The molecular weight excluding hydrogens is 385 g/mol. The molecule has 0 aliphatic heterocycles. The van der Waals surface area contributed by atoms with Crippen molar-refractivity contribution in [2.75, 3.05) is 5.73 Å². The molecule has 0 fully saturated rings. The molecule has 8 N–H and O–H groups in total. The van der Waals surface area contributed by atoms with Crippen molar-refractivity contribution in [3.05, 3.63) is 53.2 Å². The number of anilines is 1. The van der Waals surface area contributed by atoms with Crippen molar-refractivity contribution < 1.29 is 39.8 Å². The van der Waals surface area contributed by atoms with Gasteiger partial charge >= 0.3 is 13.1 Å². The van der Waals surface area contributed by atoms with Crippen LogP contribution in [0.2, 0.25) is 0 Å². The fourth-order valence-corrected chi connectivity index (χ4v) is 2.44. The number of para-hydroxylation sites is 1. The van der Waals surface area contributed by atoms with Crippen molar-refractivity contribution >= 4 is 31.3 Å². The Bertz CT molecular complexity index is 862. The molecule has 2 rings (SSSR count). The van der Waals surface area contributed by atoms with Gasteiger partial charge in [-0.05, 0) is 35.7 Å². The number of nitrogens with two attached hydrogens (primary N) is 1. The number of aromatic nitrogens is 1. The first-order valence-electron chi connectivity index (χ1n) is 8.17. The topological polar surface area (TPSA) is 203 Å². The van der Waals surface area contributed by atoms with Crippen LogP contribution in [0, 0.1) is 0 Å². The Kier molecular flexibility index (Phi) is 9.09. The van der Waals surface area contributed by atoms with Crippen LogP contribution < -0.4 is 11.1 Å². The van der Waals surface area contributed by atoms with Gasteiger partial charge in [0, 0.05) is 6.20 Å². The third-order valence-electron chi connectivity index (χ3n) is 3.71. The van der Waals surface area contributed by atoms with Gasteiger partial charge in [-0.2, -0.15) is 0 Å². The van der Waals surface area contributed by atoms with E-state index in [1.165, 1.54) is 30.5 Å². The first-order chi connectivity index (χ1) is 13.7. The summed E-state index contributed by atoms with van der Waals surface area (Å²) in [5.74, 6) is -3.18. The van der Waals surface area contributed by atoms with Crippen molar-refractivity contribution in [3.63, 3.8) is 0 Å². The standard InChI is InChI=1S/C16H18BN3O6.CH2O2/c18-13-6-9(4-5-19-13)7-14(21)20-12(17(25)26)8-10-2-1-3-11(15(10)22)16(23)24;2-1-3/h1-6,12,22,25-26H,7-8H2,(H2,18,19)(H,20,21)(H,23,24);1H,(H,2,3). The number of nitrogen functional groups attached to an aromatic ring is 1. The number of nitrogens with zero attached hydrogens (tertiary/aromatic N) is 1. The van der Waals surface area contributed by atoms with Crippen LogP contribution in [-0.2, 0) is 22.4 Å². The molecule has 1 unspecified atom stereocenters. The maximum absolute atomic E-state index is 12.1. The molecule has 154 valence electrons. The van der Waals surface area contributed by atoms with Crippen LogP contribution in [0.4, 0.5) is 5.82 Å². The maximum atomic E-state index is 12.1. The molecule has 12 heteroatoms. The molecule has 1 heterocycles. The van der Waals surface area contributed by atoms with Crippen LogP contribution in [0.3, 0.4) is 0 Å². The minimum absolute atomic E-state index is 0.0584. The summed E-state index contributed by atoms with van der Waals surface area (Å²) in [5.41, 5.74) is 5.99. The minimum Gasteiger partial charge on any atom is -0.507 e. The Balaban J connectivity index is 0.00000132. The SMILES string of the molecule is Nc1cc(CC(=O)NC(Cc2cccc(C(=O)O)c2O)B(O)O)ccn1.O=CO. The number of nitrogens with one attached hydrogen (secondary N) is 1. The van der Waals surface area contributed by atoms with Gasteiger partial charge in [0.25, 0.3) is 6.47 Å². The highest BCUT2D eigenvalue weighted by molar-refractivity contribution is 6.43. The number of carboxylic acids is 1. The quantitative estimate of drug-likeness (QED) is 0.222. The molecular formula is C17H20BN3O8. The summed E-state index contributed by atoms with van der Waals surface area (Å²) in [5, 5.41) is 47.4. The molecule has 29 heavy (non-hydrogen) atoms. The number of aromatic hydroxyl groups is 1. The third kappa shape index (κ3) is 7.48. The van der Waals surface area contributed by atoms with Gasteiger partial charge in [0.1, 0.15) is 17.1 Å². The number of carboxylic acid groups (broad SMARTS) is 2. The summed E-state index contributed by atoms with van der Waals surface area (Å²) in [6, 6.07) is 7.19. The van der Waals surface area contributed by atoms with Crippen LogP contribution >= 0.6 is 0 Å². The number of hydrogen-bond donors (Lipinski definition) is 7. The molecule has 0 saturated carbocycles. The number of pyridine rings is 1. The number of carbonyl (C=O) groups excluding carboxylic acids is 1. The number of benzene rings is 1. The molecule has 1 aromatic carbocycles. The zero-order valence-electron chi connectivity index (χ0n) is 15.1.